The molecule has 0 spiro atoms. The molecule has 0 aliphatic carbocycles. The molecular weight excluding hydrogens is 322 g/mol. The summed E-state index contributed by atoms with van der Waals surface area (Å²) >= 11 is 0. The zero-order chi connectivity index (χ0) is 19.2. The van der Waals surface area contributed by atoms with Crippen molar-refractivity contribution in [2.75, 3.05) is 13.1 Å². The molecule has 2 aromatic rings. The lowest BCUT2D eigenvalue weighted by atomic mass is 10.1. The molecule has 1 amide bonds. The standard InChI is InChI=1S/C12H16N2O.C8H11N.C2H6/c15-12(14-9-1-2-10-14)4-3-11-5-7-13-8-6-11;1-7-2-4-8(6-9)5-3-7;1-2/h5-8H,1-4,9-10H2;2-5H,6,9H2,1H3;1-2H3. The number of amides is 1. The molecule has 4 heteroatoms. The molecule has 2 heterocycles. The first-order valence-corrected chi connectivity index (χ1v) is 9.61. The summed E-state index contributed by atoms with van der Waals surface area (Å²) in [7, 11) is 0. The van der Waals surface area contributed by atoms with E-state index in [-0.39, 0.29) is 0 Å². The van der Waals surface area contributed by atoms with Crippen LogP contribution < -0.4 is 5.73 Å². The number of nitrogens with zero attached hydrogens (tertiary/aromatic N) is 2. The molecule has 0 saturated carbocycles. The van der Waals surface area contributed by atoms with Gasteiger partial charge in [-0.1, -0.05) is 43.7 Å². The number of hydrogen-bond acceptors (Lipinski definition) is 3. The second-order valence-corrected chi connectivity index (χ2v) is 6.13. The Morgan fingerprint density at radius 1 is 1.00 bits per heavy atom. The van der Waals surface area contributed by atoms with Gasteiger partial charge in [0.25, 0.3) is 0 Å². The largest absolute Gasteiger partial charge is 0.343 e. The quantitative estimate of drug-likeness (QED) is 0.897. The molecule has 0 atom stereocenters. The molecule has 0 bridgehead atoms. The van der Waals surface area contributed by atoms with Gasteiger partial charge in [0, 0.05) is 38.4 Å². The molecule has 0 unspecified atom stereocenters. The van der Waals surface area contributed by atoms with Crippen molar-refractivity contribution in [3.8, 4) is 0 Å². The Hall–Kier alpha value is -2.20. The van der Waals surface area contributed by atoms with Crippen molar-refractivity contribution in [2.45, 2.75) is 53.0 Å². The van der Waals surface area contributed by atoms with Crippen LogP contribution in [-0.4, -0.2) is 28.9 Å². The van der Waals surface area contributed by atoms with Gasteiger partial charge in [-0.25, -0.2) is 0 Å². The Labute approximate surface area is 158 Å². The van der Waals surface area contributed by atoms with E-state index in [4.69, 9.17) is 5.73 Å². The van der Waals surface area contributed by atoms with Gasteiger partial charge >= 0.3 is 0 Å². The van der Waals surface area contributed by atoms with Crippen molar-refractivity contribution < 1.29 is 4.79 Å². The van der Waals surface area contributed by atoms with Crippen LogP contribution in [0.25, 0.3) is 0 Å². The SMILES string of the molecule is CC.Cc1ccc(CN)cc1.O=C(CCc1ccncc1)N1CCCC1. The molecule has 142 valence electrons. The number of carbonyl (C=O) groups excluding carboxylic acids is 1. The van der Waals surface area contributed by atoms with Crippen LogP contribution >= 0.6 is 0 Å². The van der Waals surface area contributed by atoms with Crippen molar-refractivity contribution in [3.63, 3.8) is 0 Å². The second-order valence-electron chi connectivity index (χ2n) is 6.13. The molecule has 2 N–H and O–H groups in total. The van der Waals surface area contributed by atoms with Crippen LogP contribution in [0.5, 0.6) is 0 Å². The molecule has 0 radical (unpaired) electrons. The highest BCUT2D eigenvalue weighted by molar-refractivity contribution is 5.76. The minimum Gasteiger partial charge on any atom is -0.343 e. The van der Waals surface area contributed by atoms with Gasteiger partial charge in [0.2, 0.25) is 5.91 Å². The van der Waals surface area contributed by atoms with E-state index in [2.05, 4.69) is 36.2 Å². The highest BCUT2D eigenvalue weighted by Gasteiger charge is 2.16. The average Bonchev–Trinajstić information content (AvgIpc) is 3.25. The number of likely N-dealkylation sites (tertiary alicyclic amines) is 1. The maximum Gasteiger partial charge on any atom is 0.222 e. The van der Waals surface area contributed by atoms with Gasteiger partial charge in [-0.2, -0.15) is 0 Å². The number of rotatable bonds is 4. The number of aryl methyl sites for hydroxylation is 2. The van der Waals surface area contributed by atoms with Crippen LogP contribution in [0.1, 0.15) is 49.8 Å². The fourth-order valence-electron chi connectivity index (χ4n) is 2.65. The number of benzene rings is 1. The lowest BCUT2D eigenvalue weighted by molar-refractivity contribution is -0.130. The van der Waals surface area contributed by atoms with Crippen molar-refractivity contribution in [3.05, 3.63) is 65.5 Å². The van der Waals surface area contributed by atoms with Crippen LogP contribution in [0.4, 0.5) is 0 Å². The van der Waals surface area contributed by atoms with Gasteiger partial charge in [0.15, 0.2) is 0 Å². The highest BCUT2D eigenvalue weighted by atomic mass is 16.2. The van der Waals surface area contributed by atoms with Gasteiger partial charge in [0.05, 0.1) is 0 Å². The Bertz CT molecular complexity index is 605. The van der Waals surface area contributed by atoms with Crippen LogP contribution in [0.3, 0.4) is 0 Å². The summed E-state index contributed by atoms with van der Waals surface area (Å²) in [5, 5.41) is 0. The molecule has 1 fully saturated rings. The van der Waals surface area contributed by atoms with Crippen LogP contribution in [0.2, 0.25) is 0 Å². The normalized spacial score (nSPS) is 12.5. The van der Waals surface area contributed by atoms with Crippen molar-refractivity contribution in [2.24, 2.45) is 5.73 Å². The summed E-state index contributed by atoms with van der Waals surface area (Å²) in [6.45, 7) is 8.62. The van der Waals surface area contributed by atoms with Gasteiger partial charge in [0.1, 0.15) is 0 Å². The lowest BCUT2D eigenvalue weighted by Gasteiger charge is -2.14. The molecular formula is C22H33N3O. The minimum atomic E-state index is 0.296. The third kappa shape index (κ3) is 8.26. The third-order valence-corrected chi connectivity index (χ3v) is 4.19. The van der Waals surface area contributed by atoms with E-state index in [9.17, 15) is 4.79 Å². The number of aromatic nitrogens is 1. The number of carbonyl (C=O) groups is 1. The molecule has 26 heavy (non-hydrogen) atoms. The van der Waals surface area contributed by atoms with E-state index in [1.54, 1.807) is 12.4 Å². The summed E-state index contributed by atoms with van der Waals surface area (Å²) in [5.41, 5.74) is 9.07. The van der Waals surface area contributed by atoms with Gasteiger partial charge in [-0.3, -0.25) is 9.78 Å². The first kappa shape index (κ1) is 21.8. The predicted molar refractivity (Wildman–Crippen MR) is 109 cm³/mol. The molecule has 1 aliphatic rings. The van der Waals surface area contributed by atoms with Crippen molar-refractivity contribution in [1.82, 2.24) is 9.88 Å². The minimum absolute atomic E-state index is 0.296. The monoisotopic (exact) mass is 355 g/mol. The van der Waals surface area contributed by atoms with Gasteiger partial charge < -0.3 is 10.6 Å². The second kappa shape index (κ2) is 13.1. The highest BCUT2D eigenvalue weighted by Crippen LogP contribution is 2.10. The first-order valence-electron chi connectivity index (χ1n) is 9.61. The summed E-state index contributed by atoms with van der Waals surface area (Å²) in [4.78, 5) is 17.7. The molecule has 4 nitrogen and oxygen atoms in total. The zero-order valence-electron chi connectivity index (χ0n) is 16.4. The van der Waals surface area contributed by atoms with E-state index < -0.39 is 0 Å². The summed E-state index contributed by atoms with van der Waals surface area (Å²) < 4.78 is 0. The number of hydrogen-bond donors (Lipinski definition) is 1. The molecule has 1 saturated heterocycles. The van der Waals surface area contributed by atoms with Crippen molar-refractivity contribution >= 4 is 5.91 Å². The smallest absolute Gasteiger partial charge is 0.222 e. The Balaban J connectivity index is 0.000000263. The van der Waals surface area contributed by atoms with Gasteiger partial charge in [-0.15, -0.1) is 0 Å². The van der Waals surface area contributed by atoms with Crippen LogP contribution in [0.15, 0.2) is 48.8 Å². The molecule has 1 aromatic carbocycles. The zero-order valence-corrected chi connectivity index (χ0v) is 16.4. The molecule has 1 aliphatic heterocycles. The first-order chi connectivity index (χ1) is 12.7. The Morgan fingerprint density at radius 3 is 2.12 bits per heavy atom. The van der Waals surface area contributed by atoms with E-state index >= 15 is 0 Å². The summed E-state index contributed by atoms with van der Waals surface area (Å²) in [5.74, 6) is 0.296. The molecule has 3 rings (SSSR count). The Kier molecular flexibility index (Phi) is 11.0. The van der Waals surface area contributed by atoms with E-state index in [0.717, 1.165) is 19.5 Å². The number of nitrogens with two attached hydrogens (primary N) is 1. The third-order valence-electron chi connectivity index (χ3n) is 4.19. The van der Waals surface area contributed by atoms with E-state index in [1.807, 2.05) is 30.9 Å². The summed E-state index contributed by atoms with van der Waals surface area (Å²) in [6, 6.07) is 12.2. The average molecular weight is 356 g/mol. The van der Waals surface area contributed by atoms with Gasteiger partial charge in [-0.05, 0) is 49.4 Å². The topological polar surface area (TPSA) is 59.2 Å². The van der Waals surface area contributed by atoms with E-state index in [1.165, 1.54) is 29.5 Å². The van der Waals surface area contributed by atoms with E-state index in [0.29, 0.717) is 18.9 Å². The van der Waals surface area contributed by atoms with Crippen LogP contribution in [0, 0.1) is 6.92 Å². The summed E-state index contributed by atoms with van der Waals surface area (Å²) in [6.07, 6.45) is 7.34. The van der Waals surface area contributed by atoms with Crippen LogP contribution in [-0.2, 0) is 17.8 Å². The number of pyridine rings is 1. The maximum absolute atomic E-state index is 11.7. The molecule has 1 aromatic heterocycles. The lowest BCUT2D eigenvalue weighted by Crippen LogP contribution is -2.27. The van der Waals surface area contributed by atoms with Crippen molar-refractivity contribution in [1.29, 1.82) is 0 Å². The predicted octanol–water partition coefficient (Wildman–Crippen LogP) is 4.12. The fraction of sp³-hybridized carbons (Fsp3) is 0.455. The Morgan fingerprint density at radius 2 is 1.58 bits per heavy atom. The fourth-order valence-corrected chi connectivity index (χ4v) is 2.65. The maximum atomic E-state index is 11.7.